The highest BCUT2D eigenvalue weighted by molar-refractivity contribution is 7.93. The predicted octanol–water partition coefficient (Wildman–Crippen LogP) is 3.35. The molecule has 0 aliphatic carbocycles. The minimum absolute atomic E-state index is 0.0488. The average molecular weight is 640 g/mol. The first-order valence-corrected chi connectivity index (χ1v) is 15.4. The van der Waals surface area contributed by atoms with Crippen molar-refractivity contribution in [3.8, 4) is 17.2 Å². The standard InChI is InChI=1S/C30H33N5O9S/c1-42-24-14-15-25(27(18-24)43-2)34(45(40,41)28-9-5-4-8-26(28)35(38)39)20-29(36)32-31-19-22-10-12-23(13-11-22)44-21-30(37)33-16-6-3-7-17-33/h4-5,8-15,18-19H,3,6-7,16-17,20-21H2,1-2H3,(H,32,36)/b31-19-. The third-order valence-corrected chi connectivity index (χ3v) is 8.73. The van der Waals surface area contributed by atoms with Gasteiger partial charge >= 0.3 is 0 Å². The van der Waals surface area contributed by atoms with E-state index < -0.39 is 38.0 Å². The van der Waals surface area contributed by atoms with E-state index in [9.17, 15) is 28.1 Å². The fourth-order valence-electron chi connectivity index (χ4n) is 4.61. The minimum Gasteiger partial charge on any atom is -0.497 e. The summed E-state index contributed by atoms with van der Waals surface area (Å²) in [5.74, 6) is 0.00647. The number of likely N-dealkylation sites (tertiary alicyclic amines) is 1. The van der Waals surface area contributed by atoms with Gasteiger partial charge in [0.25, 0.3) is 27.5 Å². The van der Waals surface area contributed by atoms with E-state index in [1.807, 2.05) is 0 Å². The molecule has 0 saturated carbocycles. The third kappa shape index (κ3) is 8.26. The smallest absolute Gasteiger partial charge is 0.289 e. The van der Waals surface area contributed by atoms with Gasteiger partial charge in [0.2, 0.25) is 0 Å². The van der Waals surface area contributed by atoms with Crippen molar-refractivity contribution in [1.82, 2.24) is 10.3 Å². The van der Waals surface area contributed by atoms with E-state index in [0.29, 0.717) is 21.4 Å². The average Bonchev–Trinajstić information content (AvgIpc) is 3.06. The van der Waals surface area contributed by atoms with Gasteiger partial charge in [-0.15, -0.1) is 0 Å². The second-order valence-electron chi connectivity index (χ2n) is 9.87. The lowest BCUT2D eigenvalue weighted by Crippen LogP contribution is -2.40. The molecule has 2 amide bonds. The summed E-state index contributed by atoms with van der Waals surface area (Å²) in [6.07, 6.45) is 4.46. The van der Waals surface area contributed by atoms with Gasteiger partial charge in [-0.2, -0.15) is 5.10 Å². The van der Waals surface area contributed by atoms with Crippen molar-refractivity contribution in [3.63, 3.8) is 0 Å². The molecular formula is C30H33N5O9S. The van der Waals surface area contributed by atoms with Crippen molar-refractivity contribution < 1.29 is 37.1 Å². The highest BCUT2D eigenvalue weighted by Gasteiger charge is 2.34. The lowest BCUT2D eigenvalue weighted by atomic mass is 10.1. The minimum atomic E-state index is -4.66. The summed E-state index contributed by atoms with van der Waals surface area (Å²) in [6.45, 7) is 0.639. The van der Waals surface area contributed by atoms with E-state index in [-0.39, 0.29) is 24.0 Å². The molecule has 0 unspecified atom stereocenters. The molecule has 1 saturated heterocycles. The Kier molecular flexibility index (Phi) is 10.9. The number of rotatable bonds is 13. The molecule has 45 heavy (non-hydrogen) atoms. The number of carbonyl (C=O) groups excluding carboxylic acids is 2. The van der Waals surface area contributed by atoms with Crippen LogP contribution < -0.4 is 23.9 Å². The summed E-state index contributed by atoms with van der Waals surface area (Å²) in [6, 6.07) is 15.7. The van der Waals surface area contributed by atoms with Crippen molar-refractivity contribution >= 4 is 39.4 Å². The molecule has 0 radical (unpaired) electrons. The first-order valence-electron chi connectivity index (χ1n) is 13.9. The zero-order valence-electron chi connectivity index (χ0n) is 24.7. The van der Waals surface area contributed by atoms with Gasteiger partial charge in [0.15, 0.2) is 11.5 Å². The Labute approximate surface area is 260 Å². The molecule has 0 aromatic heterocycles. The van der Waals surface area contributed by atoms with Crippen molar-refractivity contribution in [2.45, 2.75) is 24.2 Å². The molecule has 1 fully saturated rings. The Morgan fingerprint density at radius 2 is 1.69 bits per heavy atom. The second kappa shape index (κ2) is 15.0. The number of piperidine rings is 1. The highest BCUT2D eigenvalue weighted by atomic mass is 32.2. The van der Waals surface area contributed by atoms with E-state index in [1.165, 1.54) is 50.8 Å². The summed E-state index contributed by atoms with van der Waals surface area (Å²) in [5.41, 5.74) is 2.17. The van der Waals surface area contributed by atoms with E-state index in [2.05, 4.69) is 10.5 Å². The number of benzene rings is 3. The normalized spacial score (nSPS) is 13.2. The number of hydrazone groups is 1. The van der Waals surface area contributed by atoms with Crippen LogP contribution in [0, 0.1) is 10.1 Å². The maximum atomic E-state index is 13.8. The van der Waals surface area contributed by atoms with Gasteiger partial charge < -0.3 is 19.1 Å². The van der Waals surface area contributed by atoms with E-state index in [1.54, 1.807) is 29.2 Å². The second-order valence-corrected chi connectivity index (χ2v) is 11.7. The number of nitro groups is 1. The van der Waals surface area contributed by atoms with Crippen LogP contribution in [-0.2, 0) is 19.6 Å². The summed E-state index contributed by atoms with van der Waals surface area (Å²) in [5, 5.41) is 15.6. The SMILES string of the molecule is COc1ccc(N(CC(=O)N/N=C\c2ccc(OCC(=O)N3CCCCC3)cc2)S(=O)(=O)c2ccccc2[N+](=O)[O-])c(OC)c1. The number of hydrogen-bond donors (Lipinski definition) is 1. The monoisotopic (exact) mass is 639 g/mol. The lowest BCUT2D eigenvalue weighted by Gasteiger charge is -2.26. The van der Waals surface area contributed by atoms with Crippen LogP contribution in [0.15, 0.2) is 76.7 Å². The van der Waals surface area contributed by atoms with E-state index in [4.69, 9.17) is 14.2 Å². The number of hydrogen-bond acceptors (Lipinski definition) is 10. The molecule has 0 spiro atoms. The van der Waals surface area contributed by atoms with Crippen LogP contribution in [0.25, 0.3) is 0 Å². The Morgan fingerprint density at radius 3 is 2.36 bits per heavy atom. The van der Waals surface area contributed by atoms with Crippen LogP contribution in [0.2, 0.25) is 0 Å². The number of methoxy groups -OCH3 is 2. The third-order valence-electron chi connectivity index (χ3n) is 6.93. The zero-order chi connectivity index (χ0) is 32.4. The molecule has 3 aromatic rings. The maximum absolute atomic E-state index is 13.8. The summed E-state index contributed by atoms with van der Waals surface area (Å²) in [4.78, 5) is 37.3. The van der Waals surface area contributed by atoms with Crippen molar-refractivity contribution in [1.29, 1.82) is 0 Å². The van der Waals surface area contributed by atoms with Crippen LogP contribution in [0.5, 0.6) is 17.2 Å². The molecule has 15 heteroatoms. The first-order chi connectivity index (χ1) is 21.6. The van der Waals surface area contributed by atoms with Gasteiger partial charge in [0.05, 0.1) is 31.0 Å². The predicted molar refractivity (Wildman–Crippen MR) is 165 cm³/mol. The molecule has 4 rings (SSSR count). The Bertz CT molecular complexity index is 1660. The van der Waals surface area contributed by atoms with Gasteiger partial charge in [0.1, 0.15) is 23.8 Å². The van der Waals surface area contributed by atoms with Crippen molar-refractivity contribution in [3.05, 3.63) is 82.4 Å². The number of carbonyl (C=O) groups is 2. The maximum Gasteiger partial charge on any atom is 0.289 e. The number of sulfonamides is 1. The molecule has 1 aliphatic rings. The van der Waals surface area contributed by atoms with Crippen LogP contribution >= 0.6 is 0 Å². The lowest BCUT2D eigenvalue weighted by molar-refractivity contribution is -0.387. The Morgan fingerprint density at radius 1 is 1.00 bits per heavy atom. The fraction of sp³-hybridized carbons (Fsp3) is 0.300. The number of nitrogens with one attached hydrogen (secondary N) is 1. The van der Waals surface area contributed by atoms with Crippen LogP contribution in [0.1, 0.15) is 24.8 Å². The summed E-state index contributed by atoms with van der Waals surface area (Å²) in [7, 11) is -1.94. The van der Waals surface area contributed by atoms with Crippen LogP contribution in [0.3, 0.4) is 0 Å². The Balaban J connectivity index is 1.47. The Hall–Kier alpha value is -5.18. The molecule has 3 aromatic carbocycles. The quantitative estimate of drug-likeness (QED) is 0.167. The molecular weight excluding hydrogens is 606 g/mol. The zero-order valence-corrected chi connectivity index (χ0v) is 25.6. The summed E-state index contributed by atoms with van der Waals surface area (Å²) < 4.78 is 44.5. The van der Waals surface area contributed by atoms with Crippen molar-refractivity contribution in [2.24, 2.45) is 5.10 Å². The van der Waals surface area contributed by atoms with Crippen molar-refractivity contribution in [2.75, 3.05) is 44.8 Å². The highest BCUT2D eigenvalue weighted by Crippen LogP contribution is 2.37. The molecule has 1 N–H and O–H groups in total. The van der Waals surface area contributed by atoms with Gasteiger partial charge in [0, 0.05) is 25.2 Å². The van der Waals surface area contributed by atoms with Gasteiger partial charge in [-0.25, -0.2) is 13.8 Å². The number of anilines is 1. The van der Waals surface area contributed by atoms with Gasteiger partial charge in [-0.3, -0.25) is 24.0 Å². The van der Waals surface area contributed by atoms with Crippen LogP contribution in [-0.4, -0.2) is 76.7 Å². The molecule has 238 valence electrons. The molecule has 0 atom stereocenters. The van der Waals surface area contributed by atoms with E-state index in [0.717, 1.165) is 44.5 Å². The fourth-order valence-corrected chi connectivity index (χ4v) is 6.20. The number of nitrogens with zero attached hydrogens (tertiary/aromatic N) is 4. The summed E-state index contributed by atoms with van der Waals surface area (Å²) >= 11 is 0. The largest absolute Gasteiger partial charge is 0.497 e. The van der Waals surface area contributed by atoms with Gasteiger partial charge in [-0.1, -0.05) is 12.1 Å². The van der Waals surface area contributed by atoms with Gasteiger partial charge in [-0.05, 0) is 67.3 Å². The molecule has 1 aliphatic heterocycles. The molecule has 14 nitrogen and oxygen atoms in total. The first kappa shape index (κ1) is 32.7. The molecule has 1 heterocycles. The molecule has 0 bridgehead atoms. The number of ether oxygens (including phenoxy) is 3. The van der Waals surface area contributed by atoms with Crippen LogP contribution in [0.4, 0.5) is 11.4 Å². The van der Waals surface area contributed by atoms with E-state index >= 15 is 0 Å². The number of para-hydroxylation sites is 1. The number of nitro benzene ring substituents is 1. The topological polar surface area (TPSA) is 170 Å². The number of amides is 2.